The van der Waals surface area contributed by atoms with Gasteiger partial charge in [-0.05, 0) is 50.1 Å². The van der Waals surface area contributed by atoms with E-state index in [4.69, 9.17) is 22.9 Å². The molecule has 0 radical (unpaired) electrons. The lowest BCUT2D eigenvalue weighted by molar-refractivity contribution is -0.142. The monoisotopic (exact) mass is 562 g/mol. The van der Waals surface area contributed by atoms with Gasteiger partial charge in [-0.15, -0.1) is 0 Å². The molecule has 40 heavy (non-hydrogen) atoms. The van der Waals surface area contributed by atoms with Crippen molar-refractivity contribution in [1.82, 2.24) is 16.0 Å². The van der Waals surface area contributed by atoms with E-state index < -0.39 is 47.9 Å². The van der Waals surface area contributed by atoms with Gasteiger partial charge in [0, 0.05) is 13.0 Å². The number of benzene rings is 1. The first-order valence-electron chi connectivity index (χ1n) is 13.6. The average molecular weight is 563 g/mol. The zero-order valence-electron chi connectivity index (χ0n) is 23.5. The number of hydrogen-bond acceptors (Lipinski definition) is 7. The normalized spacial score (nSPS) is 13.9. The fourth-order valence-corrected chi connectivity index (χ4v) is 3.99. The molecule has 0 saturated heterocycles. The summed E-state index contributed by atoms with van der Waals surface area (Å²) in [4.78, 5) is 55.1. The van der Waals surface area contributed by atoms with Crippen LogP contribution < -0.4 is 38.9 Å². The predicted octanol–water partition coefficient (Wildman–Crippen LogP) is -0.676. The van der Waals surface area contributed by atoms with Crippen molar-refractivity contribution in [3.63, 3.8) is 0 Å². The first-order valence-corrected chi connectivity index (χ1v) is 13.6. The van der Waals surface area contributed by atoms with E-state index in [9.17, 15) is 24.3 Å². The van der Waals surface area contributed by atoms with Crippen LogP contribution in [-0.2, 0) is 25.6 Å². The maximum atomic E-state index is 13.5. The molecule has 4 unspecified atom stereocenters. The predicted molar refractivity (Wildman–Crippen MR) is 154 cm³/mol. The molecule has 1 aromatic carbocycles. The van der Waals surface area contributed by atoms with Crippen molar-refractivity contribution in [2.75, 3.05) is 13.1 Å². The fraction of sp³-hybridized carbons (Fsp3) is 0.593. The van der Waals surface area contributed by atoms with Gasteiger partial charge in [-0.3, -0.25) is 19.4 Å². The van der Waals surface area contributed by atoms with Crippen molar-refractivity contribution in [3.8, 4) is 0 Å². The Morgan fingerprint density at radius 1 is 0.850 bits per heavy atom. The van der Waals surface area contributed by atoms with Crippen molar-refractivity contribution in [1.29, 1.82) is 0 Å². The number of carboxylic acid groups (broad SMARTS) is 1. The first-order chi connectivity index (χ1) is 18.9. The van der Waals surface area contributed by atoms with Gasteiger partial charge in [0.15, 0.2) is 5.96 Å². The number of nitrogens with one attached hydrogen (secondary N) is 3. The van der Waals surface area contributed by atoms with Crippen LogP contribution in [0.1, 0.15) is 57.9 Å². The Kier molecular flexibility index (Phi) is 15.9. The van der Waals surface area contributed by atoms with Crippen LogP contribution in [0.4, 0.5) is 0 Å². The number of rotatable bonds is 19. The summed E-state index contributed by atoms with van der Waals surface area (Å²) in [5.41, 5.74) is 23.1. The van der Waals surface area contributed by atoms with Gasteiger partial charge in [0.05, 0.1) is 6.04 Å². The highest BCUT2D eigenvalue weighted by atomic mass is 16.4. The zero-order valence-corrected chi connectivity index (χ0v) is 23.5. The smallest absolute Gasteiger partial charge is 0.326 e. The maximum Gasteiger partial charge on any atom is 0.326 e. The highest BCUT2D eigenvalue weighted by molar-refractivity contribution is 5.94. The summed E-state index contributed by atoms with van der Waals surface area (Å²) < 4.78 is 0. The van der Waals surface area contributed by atoms with Gasteiger partial charge >= 0.3 is 5.97 Å². The van der Waals surface area contributed by atoms with Crippen LogP contribution in [0, 0.1) is 5.92 Å². The summed E-state index contributed by atoms with van der Waals surface area (Å²) in [6, 6.07) is 5.00. The molecule has 4 atom stereocenters. The highest BCUT2D eigenvalue weighted by Crippen LogP contribution is 2.09. The van der Waals surface area contributed by atoms with Crippen molar-refractivity contribution in [3.05, 3.63) is 35.9 Å². The number of amides is 3. The fourth-order valence-electron chi connectivity index (χ4n) is 3.99. The molecule has 0 heterocycles. The molecule has 224 valence electrons. The first kappa shape index (κ1) is 34.3. The lowest BCUT2D eigenvalue weighted by Crippen LogP contribution is -2.57. The number of hydrogen-bond donors (Lipinski definition) is 8. The molecule has 12 N–H and O–H groups in total. The van der Waals surface area contributed by atoms with Crippen molar-refractivity contribution >= 4 is 29.7 Å². The average Bonchev–Trinajstić information content (AvgIpc) is 2.89. The Morgan fingerprint density at radius 2 is 1.45 bits per heavy atom. The Bertz CT molecular complexity index is 969. The standard InChI is InChI=1S/C27H46N8O5/c1-17(2)15-22(26(39)40)35-24(37)20(12-8-14-32-27(30)31)33-25(38)21(16-18-9-4-3-5-10-18)34-23(36)19(29)11-6-7-13-28/h3-5,9-10,17,19-22H,6-8,11-16,28-29H2,1-2H3,(H,33,38)(H,34,36)(H,35,37)(H,39,40)(H4,30,31,32). The minimum Gasteiger partial charge on any atom is -0.480 e. The van der Waals surface area contributed by atoms with Gasteiger partial charge in [-0.25, -0.2) is 4.79 Å². The lowest BCUT2D eigenvalue weighted by atomic mass is 10.0. The summed E-state index contributed by atoms with van der Waals surface area (Å²) >= 11 is 0. The molecule has 1 aromatic rings. The van der Waals surface area contributed by atoms with E-state index in [1.807, 2.05) is 44.2 Å². The van der Waals surface area contributed by atoms with Gasteiger partial charge < -0.3 is 44.0 Å². The summed E-state index contributed by atoms with van der Waals surface area (Å²) in [6.07, 6.45) is 2.63. The Hall–Kier alpha value is -3.71. The van der Waals surface area contributed by atoms with Crippen LogP contribution in [-0.4, -0.2) is 72.0 Å². The molecule has 13 nitrogen and oxygen atoms in total. The van der Waals surface area contributed by atoms with E-state index in [0.717, 1.165) is 12.0 Å². The van der Waals surface area contributed by atoms with Crippen LogP contribution >= 0.6 is 0 Å². The second-order valence-corrected chi connectivity index (χ2v) is 10.2. The minimum atomic E-state index is -1.18. The Balaban J connectivity index is 3.12. The number of carbonyl (C=O) groups excluding carboxylic acids is 3. The molecule has 0 aliphatic heterocycles. The van der Waals surface area contributed by atoms with E-state index in [1.54, 1.807) is 0 Å². The van der Waals surface area contributed by atoms with Crippen LogP contribution in [0.2, 0.25) is 0 Å². The molecule has 0 bridgehead atoms. The second-order valence-electron chi connectivity index (χ2n) is 10.2. The highest BCUT2D eigenvalue weighted by Gasteiger charge is 2.30. The topological polar surface area (TPSA) is 241 Å². The summed E-state index contributed by atoms with van der Waals surface area (Å²) in [7, 11) is 0. The quantitative estimate of drug-likeness (QED) is 0.0604. The van der Waals surface area contributed by atoms with E-state index in [2.05, 4.69) is 20.9 Å². The number of aliphatic carboxylic acids is 1. The number of unbranched alkanes of at least 4 members (excludes halogenated alkanes) is 1. The van der Waals surface area contributed by atoms with E-state index in [1.165, 1.54) is 0 Å². The number of carboxylic acids is 1. The third-order valence-electron chi connectivity index (χ3n) is 6.12. The van der Waals surface area contributed by atoms with Crippen LogP contribution in [0.3, 0.4) is 0 Å². The molecule has 3 amide bonds. The third kappa shape index (κ3) is 13.9. The number of aliphatic imine (C=N–C) groups is 1. The maximum absolute atomic E-state index is 13.5. The van der Waals surface area contributed by atoms with Gasteiger partial charge in [0.2, 0.25) is 17.7 Å². The van der Waals surface area contributed by atoms with Gasteiger partial charge in [-0.2, -0.15) is 0 Å². The van der Waals surface area contributed by atoms with Gasteiger partial charge in [-0.1, -0.05) is 50.6 Å². The summed E-state index contributed by atoms with van der Waals surface area (Å²) in [5, 5.41) is 17.5. The van der Waals surface area contributed by atoms with Crippen LogP contribution in [0.15, 0.2) is 35.3 Å². The zero-order chi connectivity index (χ0) is 30.1. The Labute approximate surface area is 235 Å². The molecule has 1 rings (SSSR count). The molecule has 0 spiro atoms. The minimum absolute atomic E-state index is 0.0100. The molecule has 0 saturated carbocycles. The van der Waals surface area contributed by atoms with Crippen molar-refractivity contribution in [2.45, 2.75) is 83.0 Å². The van der Waals surface area contributed by atoms with Gasteiger partial charge in [0.25, 0.3) is 0 Å². The largest absolute Gasteiger partial charge is 0.480 e. The summed E-state index contributed by atoms with van der Waals surface area (Å²) in [5.74, 6) is -3.04. The number of guanidine groups is 1. The second kappa shape index (κ2) is 18.6. The number of nitrogens with two attached hydrogens (primary N) is 4. The van der Waals surface area contributed by atoms with Crippen LogP contribution in [0.5, 0.6) is 0 Å². The van der Waals surface area contributed by atoms with E-state index in [-0.39, 0.29) is 37.7 Å². The van der Waals surface area contributed by atoms with Crippen LogP contribution in [0.25, 0.3) is 0 Å². The van der Waals surface area contributed by atoms with E-state index >= 15 is 0 Å². The van der Waals surface area contributed by atoms with Crippen molar-refractivity contribution < 1.29 is 24.3 Å². The molecule has 0 aromatic heterocycles. The molecule has 0 aliphatic rings. The Morgan fingerprint density at radius 3 is 2.02 bits per heavy atom. The molecular formula is C27H46N8O5. The molecule has 0 aliphatic carbocycles. The SMILES string of the molecule is CC(C)CC(NC(=O)C(CCCN=C(N)N)NC(=O)C(Cc1ccccc1)NC(=O)C(N)CCCCN)C(=O)O. The molecule has 0 fully saturated rings. The molecular weight excluding hydrogens is 516 g/mol. The van der Waals surface area contributed by atoms with Crippen molar-refractivity contribution in [2.24, 2.45) is 33.8 Å². The summed E-state index contributed by atoms with van der Waals surface area (Å²) in [6.45, 7) is 4.38. The lowest BCUT2D eigenvalue weighted by Gasteiger charge is -2.25. The molecule has 13 heteroatoms. The third-order valence-corrected chi connectivity index (χ3v) is 6.12. The number of carbonyl (C=O) groups is 4. The van der Waals surface area contributed by atoms with E-state index in [0.29, 0.717) is 25.8 Å². The number of nitrogens with zero attached hydrogens (tertiary/aromatic N) is 1. The van der Waals surface area contributed by atoms with Gasteiger partial charge in [0.1, 0.15) is 18.1 Å².